The highest BCUT2D eigenvalue weighted by atomic mass is 16.5. The molecule has 1 fully saturated rings. The van der Waals surface area contributed by atoms with E-state index in [1.54, 1.807) is 6.92 Å². The minimum absolute atomic E-state index is 0.0951. The van der Waals surface area contributed by atoms with Crippen LogP contribution in [0.4, 0.5) is 0 Å². The molecule has 2 nitrogen and oxygen atoms in total. The minimum atomic E-state index is 0.0951. The molecule has 1 aliphatic carbocycles. The normalized spacial score (nSPS) is 20.6. The van der Waals surface area contributed by atoms with Gasteiger partial charge in [0.05, 0.1) is 6.10 Å². The zero-order chi connectivity index (χ0) is 18.7. The first-order chi connectivity index (χ1) is 12.3. The van der Waals surface area contributed by atoms with E-state index in [9.17, 15) is 4.79 Å². The van der Waals surface area contributed by atoms with Crippen molar-refractivity contribution in [2.75, 3.05) is 0 Å². The molecule has 0 spiro atoms. The van der Waals surface area contributed by atoms with Crippen LogP contribution in [0.3, 0.4) is 0 Å². The van der Waals surface area contributed by atoms with Crippen LogP contribution >= 0.6 is 0 Å². The number of hydrogen-bond acceptors (Lipinski definition) is 2. The van der Waals surface area contributed by atoms with Crippen molar-refractivity contribution >= 4 is 5.78 Å². The molecular weight excluding hydrogens is 320 g/mol. The fourth-order valence-corrected chi connectivity index (χ4v) is 3.88. The van der Waals surface area contributed by atoms with Gasteiger partial charge in [-0.3, -0.25) is 4.79 Å². The summed E-state index contributed by atoms with van der Waals surface area (Å²) >= 11 is 0. The molecule has 3 rings (SSSR count). The van der Waals surface area contributed by atoms with E-state index in [0.29, 0.717) is 11.5 Å². The zero-order valence-corrected chi connectivity index (χ0v) is 16.4. The van der Waals surface area contributed by atoms with Crippen molar-refractivity contribution in [3.63, 3.8) is 0 Å². The van der Waals surface area contributed by atoms with E-state index >= 15 is 0 Å². The highest BCUT2D eigenvalue weighted by Gasteiger charge is 2.30. The second-order valence-corrected chi connectivity index (χ2v) is 8.62. The van der Waals surface area contributed by atoms with E-state index in [2.05, 4.69) is 32.9 Å². The summed E-state index contributed by atoms with van der Waals surface area (Å²) in [6.45, 7) is 8.64. The van der Waals surface area contributed by atoms with Gasteiger partial charge in [-0.25, -0.2) is 0 Å². The monoisotopic (exact) mass is 350 g/mol. The van der Waals surface area contributed by atoms with Crippen LogP contribution in [0.25, 0.3) is 11.1 Å². The average molecular weight is 351 g/mol. The lowest BCUT2D eigenvalue weighted by molar-refractivity contribution is 0.0882. The lowest BCUT2D eigenvalue weighted by Crippen LogP contribution is -2.30. The van der Waals surface area contributed by atoms with Crippen LogP contribution < -0.4 is 4.74 Å². The summed E-state index contributed by atoms with van der Waals surface area (Å²) in [6, 6.07) is 16.0. The summed E-state index contributed by atoms with van der Waals surface area (Å²) in [5.41, 5.74) is 3.33. The van der Waals surface area contributed by atoms with Crippen LogP contribution in [0.5, 0.6) is 5.75 Å². The average Bonchev–Trinajstić information content (AvgIpc) is 2.62. The Bertz CT molecular complexity index is 745. The summed E-state index contributed by atoms with van der Waals surface area (Å²) in [5, 5.41) is 0. The number of carbonyl (C=O) groups excluding carboxylic acids is 1. The van der Waals surface area contributed by atoms with Gasteiger partial charge in [0.25, 0.3) is 0 Å². The molecule has 0 N–H and O–H groups in total. The molecule has 2 aromatic rings. The molecule has 0 bridgehead atoms. The Morgan fingerprint density at radius 3 is 2.15 bits per heavy atom. The van der Waals surface area contributed by atoms with Crippen LogP contribution in [0, 0.1) is 11.3 Å². The molecule has 0 heterocycles. The van der Waals surface area contributed by atoms with Gasteiger partial charge in [0, 0.05) is 5.56 Å². The third-order valence-corrected chi connectivity index (χ3v) is 5.66. The van der Waals surface area contributed by atoms with Crippen LogP contribution in [0.15, 0.2) is 48.5 Å². The van der Waals surface area contributed by atoms with E-state index in [0.717, 1.165) is 41.2 Å². The highest BCUT2D eigenvalue weighted by Crippen LogP contribution is 2.38. The largest absolute Gasteiger partial charge is 0.490 e. The fourth-order valence-electron chi connectivity index (χ4n) is 3.88. The van der Waals surface area contributed by atoms with Crippen molar-refractivity contribution in [2.24, 2.45) is 11.3 Å². The second-order valence-electron chi connectivity index (χ2n) is 8.62. The maximum atomic E-state index is 11.6. The van der Waals surface area contributed by atoms with E-state index in [1.807, 2.05) is 36.4 Å². The van der Waals surface area contributed by atoms with Crippen molar-refractivity contribution in [2.45, 2.75) is 59.5 Å². The molecule has 1 saturated carbocycles. The van der Waals surface area contributed by atoms with Gasteiger partial charge >= 0.3 is 0 Å². The molecule has 0 unspecified atom stereocenters. The Labute approximate surface area is 157 Å². The first-order valence-corrected chi connectivity index (χ1v) is 9.71. The van der Waals surface area contributed by atoms with Crippen molar-refractivity contribution in [3.8, 4) is 16.9 Å². The van der Waals surface area contributed by atoms with Crippen LogP contribution in [-0.4, -0.2) is 11.9 Å². The maximum Gasteiger partial charge on any atom is 0.159 e. The minimum Gasteiger partial charge on any atom is -0.490 e. The lowest BCUT2D eigenvalue weighted by atomic mass is 9.72. The molecule has 0 aromatic heterocycles. The van der Waals surface area contributed by atoms with Gasteiger partial charge in [-0.05, 0) is 73.3 Å². The van der Waals surface area contributed by atoms with Gasteiger partial charge in [0.15, 0.2) is 5.78 Å². The molecule has 0 saturated heterocycles. The van der Waals surface area contributed by atoms with Gasteiger partial charge in [0.1, 0.15) is 5.75 Å². The Balaban J connectivity index is 1.62. The summed E-state index contributed by atoms with van der Waals surface area (Å²) in [7, 11) is 0. The van der Waals surface area contributed by atoms with E-state index < -0.39 is 0 Å². The molecule has 2 aromatic carbocycles. The number of carbonyl (C=O) groups is 1. The SMILES string of the molecule is CC(=O)c1cccc(-c2ccc(OC3CCC(C(C)(C)C)CC3)cc2)c1. The summed E-state index contributed by atoms with van der Waals surface area (Å²) < 4.78 is 6.22. The second kappa shape index (κ2) is 7.65. The van der Waals surface area contributed by atoms with Gasteiger partial charge in [-0.2, -0.15) is 0 Å². The van der Waals surface area contributed by atoms with Gasteiger partial charge in [-0.1, -0.05) is 51.1 Å². The predicted octanol–water partition coefficient (Wildman–Crippen LogP) is 6.54. The van der Waals surface area contributed by atoms with Gasteiger partial charge < -0.3 is 4.74 Å². The van der Waals surface area contributed by atoms with Crippen molar-refractivity contribution < 1.29 is 9.53 Å². The number of hydrogen-bond donors (Lipinski definition) is 0. The Morgan fingerprint density at radius 2 is 1.58 bits per heavy atom. The van der Waals surface area contributed by atoms with E-state index in [1.165, 1.54) is 12.8 Å². The third-order valence-electron chi connectivity index (χ3n) is 5.66. The van der Waals surface area contributed by atoms with Crippen LogP contribution in [0.1, 0.15) is 63.7 Å². The maximum absolute atomic E-state index is 11.6. The standard InChI is InChI=1S/C24H30O2/c1-17(25)19-6-5-7-20(16-19)18-8-12-22(13-9-18)26-23-14-10-21(11-15-23)24(2,3)4/h5-9,12-13,16,21,23H,10-11,14-15H2,1-4H3. The molecule has 0 aliphatic heterocycles. The highest BCUT2D eigenvalue weighted by molar-refractivity contribution is 5.95. The van der Waals surface area contributed by atoms with Gasteiger partial charge in [-0.15, -0.1) is 0 Å². The van der Waals surface area contributed by atoms with Gasteiger partial charge in [0.2, 0.25) is 0 Å². The predicted molar refractivity (Wildman–Crippen MR) is 108 cm³/mol. The molecule has 0 radical (unpaired) electrons. The lowest BCUT2D eigenvalue weighted by Gasteiger charge is -2.36. The molecule has 1 aliphatic rings. The van der Waals surface area contributed by atoms with Crippen LogP contribution in [0.2, 0.25) is 0 Å². The first kappa shape index (κ1) is 18.7. The fraction of sp³-hybridized carbons (Fsp3) is 0.458. The summed E-state index contributed by atoms with van der Waals surface area (Å²) in [5.74, 6) is 1.84. The Morgan fingerprint density at radius 1 is 0.923 bits per heavy atom. The van der Waals surface area contributed by atoms with Crippen molar-refractivity contribution in [1.82, 2.24) is 0 Å². The first-order valence-electron chi connectivity index (χ1n) is 9.71. The molecular formula is C24H30O2. The smallest absolute Gasteiger partial charge is 0.159 e. The molecule has 0 amide bonds. The number of benzene rings is 2. The van der Waals surface area contributed by atoms with E-state index in [-0.39, 0.29) is 5.78 Å². The third kappa shape index (κ3) is 4.55. The molecule has 26 heavy (non-hydrogen) atoms. The van der Waals surface area contributed by atoms with E-state index in [4.69, 9.17) is 4.74 Å². The Hall–Kier alpha value is -2.09. The summed E-state index contributed by atoms with van der Waals surface area (Å²) in [6.07, 6.45) is 5.13. The molecule has 138 valence electrons. The number of ether oxygens (including phenoxy) is 1. The quantitative estimate of drug-likeness (QED) is 0.585. The zero-order valence-electron chi connectivity index (χ0n) is 16.4. The number of rotatable bonds is 4. The Kier molecular flexibility index (Phi) is 5.50. The van der Waals surface area contributed by atoms with Crippen molar-refractivity contribution in [3.05, 3.63) is 54.1 Å². The molecule has 0 atom stereocenters. The molecule has 2 heteroatoms. The topological polar surface area (TPSA) is 26.3 Å². The number of Topliss-reactive ketones (excluding diaryl/α,β-unsaturated/α-hetero) is 1. The van der Waals surface area contributed by atoms with Crippen molar-refractivity contribution in [1.29, 1.82) is 0 Å². The van der Waals surface area contributed by atoms with Crippen LogP contribution in [-0.2, 0) is 0 Å². The summed E-state index contributed by atoms with van der Waals surface area (Å²) in [4.78, 5) is 11.6. The number of ketones is 1.